The molecule has 1 aromatic heterocycles. The van der Waals surface area contributed by atoms with Crippen LogP contribution in [0.3, 0.4) is 0 Å². The topological polar surface area (TPSA) is 89.8 Å². The molecule has 3 aromatic rings. The number of sulfone groups is 1. The van der Waals surface area contributed by atoms with E-state index < -0.39 is 9.84 Å². The van der Waals surface area contributed by atoms with Crippen LogP contribution in [-0.4, -0.2) is 34.9 Å². The summed E-state index contributed by atoms with van der Waals surface area (Å²) < 4.78 is 24.6. The number of aromatic nitrogens is 4. The number of nitrogens with zero attached hydrogens (tertiary/aromatic N) is 4. The van der Waals surface area contributed by atoms with Crippen molar-refractivity contribution in [2.45, 2.75) is 11.4 Å². The second-order valence-electron chi connectivity index (χ2n) is 5.11. The zero-order chi connectivity index (χ0) is 17.2. The summed E-state index contributed by atoms with van der Waals surface area (Å²) >= 11 is 6.10. The number of benzene rings is 2. The molecular weight excluding hydrogens is 350 g/mol. The van der Waals surface area contributed by atoms with E-state index in [1.54, 1.807) is 18.2 Å². The Morgan fingerprint density at radius 3 is 2.50 bits per heavy atom. The molecule has 124 valence electrons. The normalized spacial score (nSPS) is 11.4. The Kier molecular flexibility index (Phi) is 4.50. The Bertz CT molecular complexity index is 954. The molecule has 0 amide bonds. The zero-order valence-electron chi connectivity index (χ0n) is 12.7. The summed E-state index contributed by atoms with van der Waals surface area (Å²) in [5, 5.41) is 15.4. The van der Waals surface area contributed by atoms with Gasteiger partial charge in [-0.05, 0) is 46.8 Å². The highest BCUT2D eigenvalue weighted by Gasteiger charge is 2.11. The smallest absolute Gasteiger partial charge is 0.175 e. The number of rotatable bonds is 5. The van der Waals surface area contributed by atoms with Gasteiger partial charge in [-0.3, -0.25) is 0 Å². The van der Waals surface area contributed by atoms with Gasteiger partial charge in [0.15, 0.2) is 15.7 Å². The van der Waals surface area contributed by atoms with E-state index >= 15 is 0 Å². The van der Waals surface area contributed by atoms with Gasteiger partial charge < -0.3 is 5.32 Å². The fourth-order valence-electron chi connectivity index (χ4n) is 2.13. The quantitative estimate of drug-likeness (QED) is 0.748. The van der Waals surface area contributed by atoms with Crippen molar-refractivity contribution < 1.29 is 8.42 Å². The van der Waals surface area contributed by atoms with Crippen molar-refractivity contribution in [3.8, 4) is 5.69 Å². The lowest BCUT2D eigenvalue weighted by molar-refractivity contribution is 0.602. The highest BCUT2D eigenvalue weighted by Crippen LogP contribution is 2.21. The molecule has 0 radical (unpaired) electrons. The molecule has 0 aliphatic heterocycles. The second kappa shape index (κ2) is 6.58. The van der Waals surface area contributed by atoms with E-state index in [0.29, 0.717) is 23.1 Å². The lowest BCUT2D eigenvalue weighted by atomic mass is 10.3. The number of hydrogen-bond donors (Lipinski definition) is 1. The maximum Gasteiger partial charge on any atom is 0.175 e. The summed E-state index contributed by atoms with van der Waals surface area (Å²) in [5.74, 6) is 0.571. The minimum atomic E-state index is -3.24. The standard InChI is InChI=1S/C15H14ClN5O2S/c1-24(22,23)12-8-6-11(7-9-12)21-15(18-19-20-21)10-17-14-5-3-2-4-13(14)16/h2-9,17H,10H2,1H3. The van der Waals surface area contributed by atoms with E-state index in [9.17, 15) is 8.42 Å². The van der Waals surface area contributed by atoms with Gasteiger partial charge in [-0.25, -0.2) is 8.42 Å². The van der Waals surface area contributed by atoms with E-state index in [1.165, 1.54) is 16.8 Å². The highest BCUT2D eigenvalue weighted by atomic mass is 35.5. The molecule has 1 N–H and O–H groups in total. The van der Waals surface area contributed by atoms with Crippen LogP contribution in [0, 0.1) is 0 Å². The molecule has 0 spiro atoms. The van der Waals surface area contributed by atoms with Crippen LogP contribution in [0.5, 0.6) is 0 Å². The lowest BCUT2D eigenvalue weighted by Gasteiger charge is -2.09. The summed E-state index contributed by atoms with van der Waals surface area (Å²) in [5.41, 5.74) is 1.45. The van der Waals surface area contributed by atoms with Crippen molar-refractivity contribution in [2.24, 2.45) is 0 Å². The van der Waals surface area contributed by atoms with Crippen molar-refractivity contribution in [1.82, 2.24) is 20.2 Å². The van der Waals surface area contributed by atoms with Crippen molar-refractivity contribution in [3.63, 3.8) is 0 Å². The number of anilines is 1. The van der Waals surface area contributed by atoms with Crippen molar-refractivity contribution in [3.05, 3.63) is 59.4 Å². The SMILES string of the molecule is CS(=O)(=O)c1ccc(-n2nnnc2CNc2ccccc2Cl)cc1. The third kappa shape index (κ3) is 3.55. The fraction of sp³-hybridized carbons (Fsp3) is 0.133. The molecule has 0 unspecified atom stereocenters. The Morgan fingerprint density at radius 1 is 1.12 bits per heavy atom. The Morgan fingerprint density at radius 2 is 1.83 bits per heavy atom. The first kappa shape index (κ1) is 16.4. The molecule has 3 rings (SSSR count). The summed E-state index contributed by atoms with van der Waals surface area (Å²) in [7, 11) is -3.24. The van der Waals surface area contributed by atoms with E-state index in [-0.39, 0.29) is 4.90 Å². The van der Waals surface area contributed by atoms with E-state index in [4.69, 9.17) is 11.6 Å². The summed E-state index contributed by atoms with van der Waals surface area (Å²) in [6.45, 7) is 0.366. The molecule has 2 aromatic carbocycles. The molecule has 7 nitrogen and oxygen atoms in total. The number of nitrogens with one attached hydrogen (secondary N) is 1. The van der Waals surface area contributed by atoms with Gasteiger partial charge in [0, 0.05) is 6.26 Å². The third-order valence-electron chi connectivity index (χ3n) is 3.35. The summed E-state index contributed by atoms with van der Waals surface area (Å²) in [6.07, 6.45) is 1.16. The first-order valence-electron chi connectivity index (χ1n) is 7.01. The number of para-hydroxylation sites is 1. The fourth-order valence-corrected chi connectivity index (χ4v) is 2.96. The maximum atomic E-state index is 11.5. The van der Waals surface area contributed by atoms with E-state index in [1.807, 2.05) is 18.2 Å². The minimum Gasteiger partial charge on any atom is -0.376 e. The van der Waals surface area contributed by atoms with Crippen LogP contribution in [0.25, 0.3) is 5.69 Å². The highest BCUT2D eigenvalue weighted by molar-refractivity contribution is 7.90. The van der Waals surface area contributed by atoms with Crippen LogP contribution in [0.15, 0.2) is 53.4 Å². The van der Waals surface area contributed by atoms with Crippen molar-refractivity contribution >= 4 is 27.1 Å². The largest absolute Gasteiger partial charge is 0.376 e. The minimum absolute atomic E-state index is 0.245. The number of hydrogen-bond acceptors (Lipinski definition) is 6. The molecule has 0 fully saturated rings. The third-order valence-corrected chi connectivity index (χ3v) is 4.81. The summed E-state index contributed by atoms with van der Waals surface area (Å²) in [6, 6.07) is 13.7. The Balaban J connectivity index is 1.82. The van der Waals surface area contributed by atoms with Crippen LogP contribution in [0.1, 0.15) is 5.82 Å². The van der Waals surface area contributed by atoms with Gasteiger partial charge in [0.05, 0.1) is 27.8 Å². The monoisotopic (exact) mass is 363 g/mol. The van der Waals surface area contributed by atoms with Crippen LogP contribution < -0.4 is 5.32 Å². The molecule has 0 saturated heterocycles. The van der Waals surface area contributed by atoms with E-state index in [0.717, 1.165) is 11.9 Å². The first-order valence-corrected chi connectivity index (χ1v) is 9.28. The van der Waals surface area contributed by atoms with Crippen molar-refractivity contribution in [2.75, 3.05) is 11.6 Å². The van der Waals surface area contributed by atoms with Gasteiger partial charge in [0.25, 0.3) is 0 Å². The first-order chi connectivity index (χ1) is 11.4. The molecule has 24 heavy (non-hydrogen) atoms. The van der Waals surface area contributed by atoms with Gasteiger partial charge in [-0.1, -0.05) is 23.7 Å². The van der Waals surface area contributed by atoms with Crippen LogP contribution in [-0.2, 0) is 16.4 Å². The molecule has 0 atom stereocenters. The molecule has 0 saturated carbocycles. The average Bonchev–Trinajstić information content (AvgIpc) is 3.02. The van der Waals surface area contributed by atoms with Crippen LogP contribution >= 0.6 is 11.6 Å². The van der Waals surface area contributed by atoms with Gasteiger partial charge in [0.2, 0.25) is 0 Å². The molecule has 1 heterocycles. The molecular formula is C15H14ClN5O2S. The van der Waals surface area contributed by atoms with Crippen LogP contribution in [0.2, 0.25) is 5.02 Å². The van der Waals surface area contributed by atoms with Gasteiger partial charge in [-0.15, -0.1) is 5.10 Å². The Hall–Kier alpha value is -2.45. The van der Waals surface area contributed by atoms with Crippen molar-refractivity contribution in [1.29, 1.82) is 0 Å². The second-order valence-corrected chi connectivity index (χ2v) is 7.53. The molecule has 9 heteroatoms. The molecule has 0 aliphatic carbocycles. The zero-order valence-corrected chi connectivity index (χ0v) is 14.3. The number of tetrazole rings is 1. The van der Waals surface area contributed by atoms with Gasteiger partial charge in [-0.2, -0.15) is 4.68 Å². The number of halogens is 1. The maximum absolute atomic E-state index is 11.5. The summed E-state index contributed by atoms with van der Waals surface area (Å²) in [4.78, 5) is 0.245. The van der Waals surface area contributed by atoms with Gasteiger partial charge in [0.1, 0.15) is 0 Å². The predicted octanol–water partition coefficient (Wildman–Crippen LogP) is 2.33. The van der Waals surface area contributed by atoms with Gasteiger partial charge >= 0.3 is 0 Å². The van der Waals surface area contributed by atoms with E-state index in [2.05, 4.69) is 20.8 Å². The molecule has 0 aliphatic rings. The molecule has 0 bridgehead atoms. The lowest BCUT2D eigenvalue weighted by Crippen LogP contribution is -2.09. The average molecular weight is 364 g/mol. The van der Waals surface area contributed by atoms with Crippen LogP contribution in [0.4, 0.5) is 5.69 Å². The predicted molar refractivity (Wildman–Crippen MR) is 91.0 cm³/mol. The Labute approximate surface area is 144 Å².